The summed E-state index contributed by atoms with van der Waals surface area (Å²) in [6.45, 7) is 0.154. The van der Waals surface area contributed by atoms with Crippen LogP contribution in [0.5, 0.6) is 0 Å². The molecule has 19 heavy (non-hydrogen) atoms. The van der Waals surface area contributed by atoms with Gasteiger partial charge in [-0.05, 0) is 29.8 Å². The highest BCUT2D eigenvalue weighted by molar-refractivity contribution is 6.30. The maximum Gasteiger partial charge on any atom is 0.227 e. The summed E-state index contributed by atoms with van der Waals surface area (Å²) in [6.07, 6.45) is 0.934. The van der Waals surface area contributed by atoms with Crippen molar-refractivity contribution >= 4 is 17.5 Å². The van der Waals surface area contributed by atoms with Crippen molar-refractivity contribution in [1.82, 2.24) is 5.32 Å². The van der Waals surface area contributed by atoms with Crippen LogP contribution in [0.4, 0.5) is 0 Å². The molecule has 0 aliphatic rings. The summed E-state index contributed by atoms with van der Waals surface area (Å²) in [7, 11) is 0. The molecule has 2 N–H and O–H groups in total. The second kappa shape index (κ2) is 6.41. The van der Waals surface area contributed by atoms with Crippen LogP contribution in [0.15, 0.2) is 47.1 Å². The Morgan fingerprint density at radius 1 is 1.32 bits per heavy atom. The summed E-state index contributed by atoms with van der Waals surface area (Å²) in [5.74, 6) is 0.404. The molecule has 1 unspecified atom stereocenters. The van der Waals surface area contributed by atoms with Crippen LogP contribution >= 0.6 is 11.6 Å². The molecule has 0 saturated heterocycles. The van der Waals surface area contributed by atoms with Crippen molar-refractivity contribution in [2.24, 2.45) is 0 Å². The van der Waals surface area contributed by atoms with E-state index in [4.69, 9.17) is 16.0 Å². The van der Waals surface area contributed by atoms with E-state index in [2.05, 4.69) is 5.32 Å². The van der Waals surface area contributed by atoms with Crippen LogP contribution in [0, 0.1) is 0 Å². The smallest absolute Gasteiger partial charge is 0.227 e. The number of amides is 1. The maximum absolute atomic E-state index is 11.6. The number of hydrogen-bond donors (Lipinski definition) is 2. The van der Waals surface area contributed by atoms with Gasteiger partial charge in [0.2, 0.25) is 5.91 Å². The topological polar surface area (TPSA) is 62.5 Å². The summed E-state index contributed by atoms with van der Waals surface area (Å²) in [4.78, 5) is 11.6. The van der Waals surface area contributed by atoms with Crippen LogP contribution in [0.25, 0.3) is 0 Å². The van der Waals surface area contributed by atoms with Gasteiger partial charge in [0.15, 0.2) is 0 Å². The van der Waals surface area contributed by atoms with E-state index in [0.717, 1.165) is 0 Å². The van der Waals surface area contributed by atoms with Gasteiger partial charge in [-0.25, -0.2) is 0 Å². The van der Waals surface area contributed by atoms with Crippen LogP contribution in [-0.2, 0) is 11.2 Å². The first-order valence-corrected chi connectivity index (χ1v) is 6.25. The number of nitrogens with one attached hydrogen (secondary N) is 1. The van der Waals surface area contributed by atoms with E-state index in [1.165, 1.54) is 6.26 Å². The number of hydrogen-bond acceptors (Lipinski definition) is 3. The molecule has 2 aromatic rings. The number of carbonyl (C=O) groups is 1. The van der Waals surface area contributed by atoms with Crippen molar-refractivity contribution in [2.75, 3.05) is 6.54 Å². The van der Waals surface area contributed by atoms with E-state index in [1.807, 2.05) is 0 Å². The molecule has 0 aliphatic carbocycles. The fourth-order valence-electron chi connectivity index (χ4n) is 1.65. The van der Waals surface area contributed by atoms with Gasteiger partial charge in [-0.1, -0.05) is 23.7 Å². The third-order valence-corrected chi connectivity index (χ3v) is 2.91. The van der Waals surface area contributed by atoms with E-state index in [-0.39, 0.29) is 18.9 Å². The minimum absolute atomic E-state index is 0.154. The lowest BCUT2D eigenvalue weighted by molar-refractivity contribution is -0.121. The van der Waals surface area contributed by atoms with Crippen LogP contribution in [0.2, 0.25) is 5.02 Å². The average molecular weight is 280 g/mol. The molecule has 0 fully saturated rings. The molecule has 100 valence electrons. The highest BCUT2D eigenvalue weighted by Gasteiger charge is 2.10. The van der Waals surface area contributed by atoms with Gasteiger partial charge in [0, 0.05) is 11.6 Å². The molecule has 1 atom stereocenters. The number of carbonyl (C=O) groups excluding carboxylic acids is 1. The van der Waals surface area contributed by atoms with Gasteiger partial charge < -0.3 is 14.8 Å². The van der Waals surface area contributed by atoms with Crippen LogP contribution in [0.3, 0.4) is 0 Å². The molecule has 5 heteroatoms. The molecule has 0 radical (unpaired) electrons. The van der Waals surface area contributed by atoms with Crippen molar-refractivity contribution in [3.8, 4) is 0 Å². The fraction of sp³-hybridized carbons (Fsp3) is 0.214. The zero-order chi connectivity index (χ0) is 13.7. The Kier molecular flexibility index (Phi) is 4.60. The van der Waals surface area contributed by atoms with Crippen molar-refractivity contribution in [3.63, 3.8) is 0 Å². The van der Waals surface area contributed by atoms with Crippen molar-refractivity contribution < 1.29 is 14.3 Å². The zero-order valence-electron chi connectivity index (χ0n) is 10.2. The Morgan fingerprint density at radius 2 is 2.05 bits per heavy atom. The van der Waals surface area contributed by atoms with E-state index >= 15 is 0 Å². The van der Waals surface area contributed by atoms with Crippen molar-refractivity contribution in [3.05, 3.63) is 59.0 Å². The Balaban J connectivity index is 1.81. The summed E-state index contributed by atoms with van der Waals surface area (Å²) in [6, 6.07) is 10.3. The number of aliphatic hydroxyl groups excluding tert-OH is 1. The molecule has 2 rings (SSSR count). The first-order chi connectivity index (χ1) is 9.15. The Hall–Kier alpha value is -1.78. The Morgan fingerprint density at radius 3 is 2.68 bits per heavy atom. The number of benzene rings is 1. The van der Waals surface area contributed by atoms with E-state index in [1.54, 1.807) is 36.4 Å². The minimum Gasteiger partial charge on any atom is -0.469 e. The number of furan rings is 1. The molecule has 4 nitrogen and oxygen atoms in total. The first kappa shape index (κ1) is 13.6. The number of rotatable bonds is 5. The van der Waals surface area contributed by atoms with Gasteiger partial charge in [0.1, 0.15) is 5.76 Å². The summed E-state index contributed by atoms with van der Waals surface area (Å²) < 4.78 is 5.07. The molecular formula is C14H14ClNO3. The van der Waals surface area contributed by atoms with Gasteiger partial charge in [0.25, 0.3) is 0 Å². The molecular weight excluding hydrogens is 266 g/mol. The fourth-order valence-corrected chi connectivity index (χ4v) is 1.77. The lowest BCUT2D eigenvalue weighted by Gasteiger charge is -2.12. The monoisotopic (exact) mass is 279 g/mol. The Bertz CT molecular complexity index is 522. The lowest BCUT2D eigenvalue weighted by Crippen LogP contribution is -2.29. The second-order valence-electron chi connectivity index (χ2n) is 4.13. The molecule has 1 aromatic heterocycles. The average Bonchev–Trinajstić information content (AvgIpc) is 2.89. The summed E-state index contributed by atoms with van der Waals surface area (Å²) >= 11 is 5.76. The third kappa shape index (κ3) is 4.12. The summed E-state index contributed by atoms with van der Waals surface area (Å²) in [5.41, 5.74) is 0.711. The lowest BCUT2D eigenvalue weighted by atomic mass is 10.1. The molecule has 0 aliphatic heterocycles. The van der Waals surface area contributed by atoms with Crippen LogP contribution in [-0.4, -0.2) is 17.6 Å². The Labute approximate surface area is 116 Å². The standard InChI is InChI=1S/C14H14ClNO3/c15-11-5-3-10(4-6-11)13(17)9-16-14(18)8-12-2-1-7-19-12/h1-7,13,17H,8-9H2,(H,16,18). The predicted octanol–water partition coefficient (Wildman–Crippen LogP) is 2.33. The highest BCUT2D eigenvalue weighted by atomic mass is 35.5. The van der Waals surface area contributed by atoms with Gasteiger partial charge >= 0.3 is 0 Å². The van der Waals surface area contributed by atoms with Crippen molar-refractivity contribution in [1.29, 1.82) is 0 Å². The van der Waals surface area contributed by atoms with Crippen LogP contribution < -0.4 is 5.32 Å². The van der Waals surface area contributed by atoms with E-state index in [0.29, 0.717) is 16.3 Å². The molecule has 0 bridgehead atoms. The van der Waals surface area contributed by atoms with E-state index in [9.17, 15) is 9.90 Å². The molecule has 1 aromatic carbocycles. The number of aliphatic hydroxyl groups is 1. The highest BCUT2D eigenvalue weighted by Crippen LogP contribution is 2.15. The molecule has 0 saturated carbocycles. The van der Waals surface area contributed by atoms with Crippen LogP contribution in [0.1, 0.15) is 17.4 Å². The molecule has 1 heterocycles. The quantitative estimate of drug-likeness (QED) is 0.883. The molecule has 0 spiro atoms. The maximum atomic E-state index is 11.6. The second-order valence-corrected chi connectivity index (χ2v) is 4.56. The van der Waals surface area contributed by atoms with Gasteiger partial charge in [-0.3, -0.25) is 4.79 Å². The SMILES string of the molecule is O=C(Cc1ccco1)NCC(O)c1ccc(Cl)cc1. The van der Waals surface area contributed by atoms with E-state index < -0.39 is 6.10 Å². The first-order valence-electron chi connectivity index (χ1n) is 5.88. The predicted molar refractivity (Wildman–Crippen MR) is 71.8 cm³/mol. The summed E-state index contributed by atoms with van der Waals surface area (Å²) in [5, 5.41) is 13.2. The number of halogens is 1. The normalized spacial score (nSPS) is 12.1. The zero-order valence-corrected chi connectivity index (χ0v) is 10.9. The largest absolute Gasteiger partial charge is 0.469 e. The van der Waals surface area contributed by atoms with Gasteiger partial charge in [0.05, 0.1) is 18.8 Å². The molecule has 1 amide bonds. The van der Waals surface area contributed by atoms with Gasteiger partial charge in [-0.15, -0.1) is 0 Å². The minimum atomic E-state index is -0.752. The van der Waals surface area contributed by atoms with Gasteiger partial charge in [-0.2, -0.15) is 0 Å². The van der Waals surface area contributed by atoms with Crippen molar-refractivity contribution in [2.45, 2.75) is 12.5 Å². The third-order valence-electron chi connectivity index (χ3n) is 2.66.